The Morgan fingerprint density at radius 2 is 1.73 bits per heavy atom. The van der Waals surface area contributed by atoms with Gasteiger partial charge in [-0.1, -0.05) is 62.8 Å². The fourth-order valence-electron chi connectivity index (χ4n) is 3.33. The van der Waals surface area contributed by atoms with Crippen LogP contribution in [0.15, 0.2) is 67.3 Å². The topological polar surface area (TPSA) is 9.23 Å². The molecule has 3 rings (SSSR count). The predicted molar refractivity (Wildman–Crippen MR) is 118 cm³/mol. The second-order valence-electron chi connectivity index (χ2n) is 7.19. The number of ether oxygens (including phenoxy) is 1. The van der Waals surface area contributed by atoms with Crippen molar-refractivity contribution in [1.29, 1.82) is 0 Å². The highest BCUT2D eigenvalue weighted by Gasteiger charge is 2.17. The average molecular weight is 410 g/mol. The van der Waals surface area contributed by atoms with E-state index in [1.54, 1.807) is 48.5 Å². The summed E-state index contributed by atoms with van der Waals surface area (Å²) in [5.74, 6) is -2.53. The highest BCUT2D eigenvalue weighted by Crippen LogP contribution is 2.34. The average Bonchev–Trinajstić information content (AvgIpc) is 2.77. The molecule has 0 saturated heterocycles. The molecule has 4 heteroatoms. The van der Waals surface area contributed by atoms with Crippen molar-refractivity contribution in [3.8, 4) is 5.75 Å². The van der Waals surface area contributed by atoms with Crippen molar-refractivity contribution >= 4 is 22.4 Å². The zero-order valence-corrected chi connectivity index (χ0v) is 17.1. The van der Waals surface area contributed by atoms with Gasteiger partial charge < -0.3 is 4.74 Å². The van der Waals surface area contributed by atoms with Crippen molar-refractivity contribution in [3.05, 3.63) is 89.8 Å². The minimum atomic E-state index is -1.21. The van der Waals surface area contributed by atoms with Gasteiger partial charge in [0, 0.05) is 16.5 Å². The summed E-state index contributed by atoms with van der Waals surface area (Å²) in [6.45, 7) is 6.04. The maximum Gasteiger partial charge on any atom is 0.169 e. The van der Waals surface area contributed by atoms with E-state index in [1.165, 1.54) is 12.1 Å². The van der Waals surface area contributed by atoms with Crippen LogP contribution >= 0.6 is 0 Å². The van der Waals surface area contributed by atoms with Crippen molar-refractivity contribution in [2.75, 3.05) is 6.61 Å². The minimum absolute atomic E-state index is 0.0967. The third-order valence-electron chi connectivity index (χ3n) is 5.00. The second-order valence-corrected chi connectivity index (χ2v) is 7.19. The van der Waals surface area contributed by atoms with E-state index in [0.717, 1.165) is 31.2 Å². The van der Waals surface area contributed by atoms with Gasteiger partial charge in [0.05, 0.1) is 0 Å². The summed E-state index contributed by atoms with van der Waals surface area (Å²) in [5, 5.41) is 0.745. The van der Waals surface area contributed by atoms with Crippen LogP contribution in [0.25, 0.3) is 22.4 Å². The third kappa shape index (κ3) is 4.93. The Hall–Kier alpha value is -3.01. The summed E-state index contributed by atoms with van der Waals surface area (Å²) in [6, 6.07) is 14.2. The summed E-state index contributed by atoms with van der Waals surface area (Å²) in [6.07, 6.45) is 5.83. The summed E-state index contributed by atoms with van der Waals surface area (Å²) in [7, 11) is 0. The van der Waals surface area contributed by atoms with Crippen molar-refractivity contribution in [2.45, 2.75) is 32.6 Å². The van der Waals surface area contributed by atoms with Crippen LogP contribution in [0.1, 0.15) is 42.9 Å². The lowest BCUT2D eigenvalue weighted by molar-refractivity contribution is 0.364. The Morgan fingerprint density at radius 1 is 0.967 bits per heavy atom. The molecule has 156 valence electrons. The molecule has 0 fully saturated rings. The normalized spacial score (nSPS) is 12.0. The van der Waals surface area contributed by atoms with E-state index in [9.17, 15) is 13.2 Å². The lowest BCUT2D eigenvalue weighted by Crippen LogP contribution is -1.94. The Bertz CT molecular complexity index is 1050. The molecule has 0 heterocycles. The largest absolute Gasteiger partial charge is 0.490 e. The van der Waals surface area contributed by atoms with E-state index in [2.05, 4.69) is 13.5 Å². The smallest absolute Gasteiger partial charge is 0.169 e. The van der Waals surface area contributed by atoms with Gasteiger partial charge in [0.1, 0.15) is 18.2 Å². The molecule has 0 atom stereocenters. The highest BCUT2D eigenvalue weighted by atomic mass is 19.2. The first-order valence-corrected chi connectivity index (χ1v) is 10.2. The fraction of sp³-hybridized carbons (Fsp3) is 0.231. The van der Waals surface area contributed by atoms with Crippen molar-refractivity contribution in [2.24, 2.45) is 0 Å². The zero-order valence-electron chi connectivity index (χ0n) is 17.1. The molecule has 0 amide bonds. The van der Waals surface area contributed by atoms with Crippen LogP contribution in [0.4, 0.5) is 13.2 Å². The van der Waals surface area contributed by atoms with E-state index in [-0.39, 0.29) is 10.9 Å². The molecule has 0 radical (unpaired) electrons. The summed E-state index contributed by atoms with van der Waals surface area (Å²) in [4.78, 5) is 0. The van der Waals surface area contributed by atoms with E-state index in [0.29, 0.717) is 17.7 Å². The van der Waals surface area contributed by atoms with Crippen LogP contribution in [0, 0.1) is 5.82 Å². The second kappa shape index (κ2) is 10.1. The van der Waals surface area contributed by atoms with Gasteiger partial charge in [-0.2, -0.15) is 0 Å². The Balaban J connectivity index is 1.88. The molecule has 30 heavy (non-hydrogen) atoms. The number of hydrogen-bond acceptors (Lipinski definition) is 1. The quantitative estimate of drug-likeness (QED) is 0.197. The van der Waals surface area contributed by atoms with Gasteiger partial charge in [0.25, 0.3) is 0 Å². The van der Waals surface area contributed by atoms with Gasteiger partial charge in [0.2, 0.25) is 0 Å². The standard InChI is InChI=1S/C26H25F3O/c1-3-5-6-7-18-8-10-19(11-9-18)24(27)26(29)23-14-12-20-17-21(30-16-4-2)13-15-22(20)25(23)28/h4,8-15,17H,2-3,5-7,16H2,1H3. The molecule has 1 nitrogen and oxygen atoms in total. The molecular weight excluding hydrogens is 385 g/mol. The lowest BCUT2D eigenvalue weighted by atomic mass is 10.0. The van der Waals surface area contributed by atoms with Crippen molar-refractivity contribution in [3.63, 3.8) is 0 Å². The Labute approximate surface area is 175 Å². The number of benzene rings is 3. The minimum Gasteiger partial charge on any atom is -0.490 e. The maximum atomic E-state index is 14.9. The zero-order chi connectivity index (χ0) is 21.5. The van der Waals surface area contributed by atoms with E-state index < -0.39 is 23.0 Å². The summed E-state index contributed by atoms with van der Waals surface area (Å²) < 4.78 is 49.9. The van der Waals surface area contributed by atoms with Gasteiger partial charge >= 0.3 is 0 Å². The number of halogens is 3. The Morgan fingerprint density at radius 3 is 2.43 bits per heavy atom. The number of hydrogen-bond donors (Lipinski definition) is 0. The fourth-order valence-corrected chi connectivity index (χ4v) is 3.33. The third-order valence-corrected chi connectivity index (χ3v) is 5.00. The molecule has 0 aromatic heterocycles. The van der Waals surface area contributed by atoms with Crippen LogP contribution in [-0.2, 0) is 6.42 Å². The van der Waals surface area contributed by atoms with Gasteiger partial charge in [0.15, 0.2) is 11.7 Å². The molecule has 0 aliphatic carbocycles. The number of unbranched alkanes of at least 4 members (excludes halogenated alkanes) is 2. The van der Waals surface area contributed by atoms with Gasteiger partial charge in [-0.3, -0.25) is 0 Å². The van der Waals surface area contributed by atoms with E-state index in [1.807, 2.05) is 0 Å². The number of fused-ring (bicyclic) bond motifs is 1. The van der Waals surface area contributed by atoms with Crippen molar-refractivity contribution < 1.29 is 17.9 Å². The first-order chi connectivity index (χ1) is 14.5. The number of aryl methyl sites for hydroxylation is 1. The molecular formula is C26H25F3O. The van der Waals surface area contributed by atoms with Crippen LogP contribution in [-0.4, -0.2) is 6.61 Å². The molecule has 0 aliphatic rings. The van der Waals surface area contributed by atoms with Crippen LogP contribution in [0.5, 0.6) is 5.75 Å². The SMILES string of the molecule is C=CCOc1ccc2c(F)c(C(F)=C(F)c3ccc(CCCCC)cc3)ccc2c1. The summed E-state index contributed by atoms with van der Waals surface area (Å²) >= 11 is 0. The molecule has 0 spiro atoms. The van der Waals surface area contributed by atoms with Crippen LogP contribution in [0.3, 0.4) is 0 Å². The molecule has 3 aromatic rings. The molecule has 0 N–H and O–H groups in total. The van der Waals surface area contributed by atoms with Gasteiger partial charge in [-0.25, -0.2) is 13.2 Å². The Kier molecular flexibility index (Phi) is 7.34. The monoisotopic (exact) mass is 410 g/mol. The molecule has 3 aromatic carbocycles. The highest BCUT2D eigenvalue weighted by molar-refractivity contribution is 5.91. The predicted octanol–water partition coefficient (Wildman–Crippen LogP) is 8.04. The van der Waals surface area contributed by atoms with Crippen molar-refractivity contribution in [1.82, 2.24) is 0 Å². The van der Waals surface area contributed by atoms with Gasteiger partial charge in [-0.15, -0.1) is 0 Å². The van der Waals surface area contributed by atoms with Gasteiger partial charge in [-0.05, 0) is 48.1 Å². The maximum absolute atomic E-state index is 14.9. The molecule has 0 unspecified atom stereocenters. The molecule has 0 saturated carbocycles. The number of rotatable bonds is 9. The first kappa shape index (κ1) is 21.7. The van der Waals surface area contributed by atoms with E-state index >= 15 is 0 Å². The first-order valence-electron chi connectivity index (χ1n) is 10.2. The lowest BCUT2D eigenvalue weighted by Gasteiger charge is -2.09. The van der Waals surface area contributed by atoms with E-state index in [4.69, 9.17) is 4.74 Å². The van der Waals surface area contributed by atoms with Crippen LogP contribution < -0.4 is 4.74 Å². The summed E-state index contributed by atoms with van der Waals surface area (Å²) in [5.41, 5.74) is 0.776. The molecule has 0 bridgehead atoms. The van der Waals surface area contributed by atoms with Crippen LogP contribution in [0.2, 0.25) is 0 Å². The molecule has 0 aliphatic heterocycles.